The number of thiophene rings is 1. The fraction of sp³-hybridized carbons (Fsp3) is 0.545. The summed E-state index contributed by atoms with van der Waals surface area (Å²) in [6.45, 7) is 4.26. The Morgan fingerprint density at radius 1 is 1.28 bits per heavy atom. The lowest BCUT2D eigenvalue weighted by molar-refractivity contribution is -0.130. The number of carbonyl (C=O) groups is 1. The van der Waals surface area contributed by atoms with Gasteiger partial charge in [-0.15, -0.1) is 22.9 Å². The largest absolute Gasteiger partial charge is 1.00 e. The van der Waals surface area contributed by atoms with Crippen LogP contribution in [0.1, 0.15) is 4.88 Å². The van der Waals surface area contributed by atoms with Crippen molar-refractivity contribution in [1.29, 1.82) is 0 Å². The first-order valence-electron chi connectivity index (χ1n) is 5.49. The monoisotopic (exact) mass is 327 g/mol. The van der Waals surface area contributed by atoms with Gasteiger partial charge in [0.05, 0.1) is 4.34 Å². The number of rotatable bonds is 3. The van der Waals surface area contributed by atoms with Crippen LogP contribution in [0.2, 0.25) is 4.34 Å². The molecule has 1 aromatic heterocycles. The number of amides is 1. The Bertz CT molecular complexity index is 391. The molecule has 3 nitrogen and oxygen atoms in total. The molecule has 1 saturated heterocycles. The molecule has 102 valence electrons. The van der Waals surface area contributed by atoms with Crippen LogP contribution in [0.3, 0.4) is 0 Å². The predicted octanol–water partition coefficient (Wildman–Crippen LogP) is -0.711. The van der Waals surface area contributed by atoms with Crippen molar-refractivity contribution < 1.29 is 17.2 Å². The standard InChI is InChI=1S/C11H14Cl2N2OS.ClH/c12-7-11(16)15-5-3-14(4-6-15)8-9-1-2-10(13)17-9;/h1-2H,3-8H2;1H/p-1. The summed E-state index contributed by atoms with van der Waals surface area (Å²) in [4.78, 5) is 16.8. The van der Waals surface area contributed by atoms with Crippen LogP contribution in [0.25, 0.3) is 0 Å². The molecular weight excluding hydrogens is 315 g/mol. The van der Waals surface area contributed by atoms with E-state index in [0.29, 0.717) is 0 Å². The van der Waals surface area contributed by atoms with Crippen LogP contribution < -0.4 is 12.4 Å². The summed E-state index contributed by atoms with van der Waals surface area (Å²) >= 11 is 13.0. The van der Waals surface area contributed by atoms with Crippen molar-refractivity contribution in [3.8, 4) is 0 Å². The summed E-state index contributed by atoms with van der Waals surface area (Å²) < 4.78 is 0.830. The van der Waals surface area contributed by atoms with Gasteiger partial charge in [0, 0.05) is 37.6 Å². The zero-order chi connectivity index (χ0) is 12.3. The Labute approximate surface area is 127 Å². The number of carbonyl (C=O) groups excluding carboxylic acids is 1. The molecule has 0 bridgehead atoms. The maximum absolute atomic E-state index is 11.4. The molecule has 0 saturated carbocycles. The van der Waals surface area contributed by atoms with E-state index >= 15 is 0 Å². The van der Waals surface area contributed by atoms with E-state index in [-0.39, 0.29) is 24.2 Å². The van der Waals surface area contributed by atoms with E-state index in [0.717, 1.165) is 37.1 Å². The molecule has 1 aliphatic heterocycles. The summed E-state index contributed by atoms with van der Waals surface area (Å²) in [6, 6.07) is 3.98. The first-order valence-corrected chi connectivity index (χ1v) is 7.22. The van der Waals surface area contributed by atoms with Gasteiger partial charge in [-0.2, -0.15) is 0 Å². The third-order valence-corrected chi connectivity index (χ3v) is 4.29. The van der Waals surface area contributed by atoms with Crippen molar-refractivity contribution in [2.45, 2.75) is 6.54 Å². The zero-order valence-corrected chi connectivity index (χ0v) is 12.8. The van der Waals surface area contributed by atoms with E-state index in [2.05, 4.69) is 11.0 Å². The Hall–Kier alpha value is -0.0000000000000000555. The lowest BCUT2D eigenvalue weighted by atomic mass is 10.3. The molecule has 1 fully saturated rings. The van der Waals surface area contributed by atoms with Crippen molar-refractivity contribution in [2.75, 3.05) is 32.1 Å². The minimum absolute atomic E-state index is 0. The third-order valence-electron chi connectivity index (χ3n) is 2.85. The third kappa shape index (κ3) is 4.28. The first kappa shape index (κ1) is 16.1. The van der Waals surface area contributed by atoms with E-state index < -0.39 is 0 Å². The average molecular weight is 329 g/mol. The molecule has 0 aliphatic carbocycles. The van der Waals surface area contributed by atoms with Gasteiger partial charge in [-0.25, -0.2) is 0 Å². The average Bonchev–Trinajstić information content (AvgIpc) is 2.75. The van der Waals surface area contributed by atoms with Gasteiger partial charge in [0.25, 0.3) is 0 Å². The molecule has 7 heteroatoms. The molecule has 0 aromatic carbocycles. The van der Waals surface area contributed by atoms with E-state index in [1.165, 1.54) is 4.88 Å². The minimum Gasteiger partial charge on any atom is -1.00 e. The Morgan fingerprint density at radius 2 is 1.94 bits per heavy atom. The fourth-order valence-electron chi connectivity index (χ4n) is 1.90. The maximum atomic E-state index is 11.4. The summed E-state index contributed by atoms with van der Waals surface area (Å²) in [6.07, 6.45) is 0. The van der Waals surface area contributed by atoms with Crippen molar-refractivity contribution >= 4 is 40.4 Å². The molecule has 0 atom stereocenters. The maximum Gasteiger partial charge on any atom is 0.237 e. The second-order valence-corrected chi connectivity index (χ2v) is 6.06. The van der Waals surface area contributed by atoms with Crippen molar-refractivity contribution in [3.05, 3.63) is 21.3 Å². The molecule has 2 rings (SSSR count). The Kier molecular flexibility index (Phi) is 6.74. The van der Waals surface area contributed by atoms with E-state index in [4.69, 9.17) is 23.2 Å². The van der Waals surface area contributed by atoms with E-state index in [9.17, 15) is 4.79 Å². The van der Waals surface area contributed by atoms with Gasteiger partial charge in [0.15, 0.2) is 0 Å². The SMILES string of the molecule is O=C(CCl)N1CCN(Cc2ccc(Cl)s2)CC1.[Cl-]. The molecule has 1 aromatic rings. The van der Waals surface area contributed by atoms with Crippen LogP contribution in [-0.2, 0) is 11.3 Å². The zero-order valence-electron chi connectivity index (χ0n) is 9.74. The predicted molar refractivity (Wildman–Crippen MR) is 71.9 cm³/mol. The van der Waals surface area contributed by atoms with Crippen molar-refractivity contribution in [2.24, 2.45) is 0 Å². The van der Waals surface area contributed by atoms with Crippen LogP contribution >= 0.6 is 34.5 Å². The molecule has 0 unspecified atom stereocenters. The van der Waals surface area contributed by atoms with Gasteiger partial charge < -0.3 is 17.3 Å². The van der Waals surface area contributed by atoms with Crippen molar-refractivity contribution in [3.63, 3.8) is 0 Å². The smallest absolute Gasteiger partial charge is 0.237 e. The van der Waals surface area contributed by atoms with Gasteiger partial charge in [-0.3, -0.25) is 9.69 Å². The van der Waals surface area contributed by atoms with Gasteiger partial charge in [0.2, 0.25) is 5.91 Å². The lowest BCUT2D eigenvalue weighted by Gasteiger charge is -2.34. The molecular formula is C11H14Cl3N2OS-. The number of hydrogen-bond acceptors (Lipinski definition) is 3. The van der Waals surface area contributed by atoms with Crippen LogP contribution in [0.15, 0.2) is 12.1 Å². The molecule has 1 aliphatic rings. The lowest BCUT2D eigenvalue weighted by Crippen LogP contribution is -3.00. The van der Waals surface area contributed by atoms with Gasteiger partial charge in [0.1, 0.15) is 5.88 Å². The topological polar surface area (TPSA) is 23.6 Å². The second-order valence-electron chi connectivity index (χ2n) is 4.00. The quantitative estimate of drug-likeness (QED) is 0.685. The first-order chi connectivity index (χ1) is 8.19. The van der Waals surface area contributed by atoms with Crippen LogP contribution in [0.4, 0.5) is 0 Å². The summed E-state index contributed by atoms with van der Waals surface area (Å²) in [5.41, 5.74) is 0. The Balaban J connectivity index is 0.00000162. The minimum atomic E-state index is 0. The van der Waals surface area contributed by atoms with Crippen LogP contribution in [-0.4, -0.2) is 47.8 Å². The Morgan fingerprint density at radius 3 is 2.44 bits per heavy atom. The van der Waals surface area contributed by atoms with Crippen molar-refractivity contribution in [1.82, 2.24) is 9.80 Å². The highest BCUT2D eigenvalue weighted by Crippen LogP contribution is 2.23. The number of nitrogens with zero attached hydrogens (tertiary/aromatic N) is 2. The molecule has 0 spiro atoms. The highest BCUT2D eigenvalue weighted by molar-refractivity contribution is 7.16. The summed E-state index contributed by atoms with van der Waals surface area (Å²) in [5, 5.41) is 0. The molecule has 2 heterocycles. The highest BCUT2D eigenvalue weighted by Gasteiger charge is 2.20. The molecule has 18 heavy (non-hydrogen) atoms. The number of alkyl halides is 1. The number of hydrogen-bond donors (Lipinski definition) is 0. The fourth-order valence-corrected chi connectivity index (χ4v) is 3.20. The summed E-state index contributed by atoms with van der Waals surface area (Å²) in [5.74, 6) is 0.117. The van der Waals surface area contributed by atoms with Crippen LogP contribution in [0, 0.1) is 0 Å². The summed E-state index contributed by atoms with van der Waals surface area (Å²) in [7, 11) is 0. The highest BCUT2D eigenvalue weighted by atomic mass is 35.5. The second kappa shape index (κ2) is 7.56. The van der Waals surface area contributed by atoms with Crippen LogP contribution in [0.5, 0.6) is 0 Å². The van der Waals surface area contributed by atoms with E-state index in [1.807, 2.05) is 11.0 Å². The van der Waals surface area contributed by atoms with Gasteiger partial charge in [-0.1, -0.05) is 11.6 Å². The number of halogens is 3. The molecule has 1 amide bonds. The normalized spacial score (nSPS) is 16.4. The van der Waals surface area contributed by atoms with E-state index in [1.54, 1.807) is 11.3 Å². The number of piperazine rings is 1. The molecule has 0 N–H and O–H groups in total. The molecule has 0 radical (unpaired) electrons. The van der Waals surface area contributed by atoms with Gasteiger partial charge in [-0.05, 0) is 12.1 Å². The van der Waals surface area contributed by atoms with Gasteiger partial charge >= 0.3 is 0 Å².